The van der Waals surface area contributed by atoms with Gasteiger partial charge in [0.1, 0.15) is 5.84 Å². The van der Waals surface area contributed by atoms with Gasteiger partial charge in [0.05, 0.1) is 6.10 Å². The van der Waals surface area contributed by atoms with Crippen LogP contribution in [0.5, 0.6) is 0 Å². The van der Waals surface area contributed by atoms with Crippen LogP contribution in [0.4, 0.5) is 0 Å². The van der Waals surface area contributed by atoms with Crippen molar-refractivity contribution in [3.8, 4) is 0 Å². The third-order valence-electron chi connectivity index (χ3n) is 4.17. The number of oxime groups is 1. The molecule has 19 heavy (non-hydrogen) atoms. The van der Waals surface area contributed by atoms with Crippen molar-refractivity contribution in [3.05, 3.63) is 0 Å². The minimum absolute atomic E-state index is 0.0556. The van der Waals surface area contributed by atoms with Gasteiger partial charge in [0.25, 0.3) is 0 Å². The summed E-state index contributed by atoms with van der Waals surface area (Å²) in [6, 6.07) is 0. The molecule has 0 aromatic heterocycles. The molecule has 0 radical (unpaired) electrons. The first-order chi connectivity index (χ1) is 8.85. The molecule has 1 aliphatic rings. The molecule has 5 nitrogen and oxygen atoms in total. The molecule has 112 valence electrons. The molecule has 0 aliphatic heterocycles. The van der Waals surface area contributed by atoms with Crippen molar-refractivity contribution in [2.24, 2.45) is 22.2 Å². The van der Waals surface area contributed by atoms with Gasteiger partial charge in [0, 0.05) is 12.0 Å². The summed E-state index contributed by atoms with van der Waals surface area (Å²) in [5, 5.41) is 21.1. The van der Waals surface area contributed by atoms with Gasteiger partial charge in [-0.2, -0.15) is 0 Å². The van der Waals surface area contributed by atoms with Crippen molar-refractivity contribution in [1.29, 1.82) is 0 Å². The predicted molar refractivity (Wildman–Crippen MR) is 77.3 cm³/mol. The predicted octanol–water partition coefficient (Wildman–Crippen LogP) is 1.63. The summed E-state index contributed by atoms with van der Waals surface area (Å²) in [5.74, 6) is 0.984. The maximum absolute atomic E-state index is 9.25. The summed E-state index contributed by atoms with van der Waals surface area (Å²) < 4.78 is 0. The van der Waals surface area contributed by atoms with Crippen LogP contribution in [0.25, 0.3) is 0 Å². The minimum Gasteiger partial charge on any atom is -0.409 e. The number of hydrogen-bond donors (Lipinski definition) is 3. The van der Waals surface area contributed by atoms with E-state index in [-0.39, 0.29) is 11.5 Å². The highest BCUT2D eigenvalue weighted by atomic mass is 16.4. The van der Waals surface area contributed by atoms with Crippen molar-refractivity contribution in [3.63, 3.8) is 0 Å². The molecule has 0 amide bonds. The lowest BCUT2D eigenvalue weighted by molar-refractivity contribution is 0.0281. The summed E-state index contributed by atoms with van der Waals surface area (Å²) in [4.78, 5) is 2.34. The quantitative estimate of drug-likeness (QED) is 0.206. The van der Waals surface area contributed by atoms with Gasteiger partial charge in [-0.15, -0.1) is 0 Å². The summed E-state index contributed by atoms with van der Waals surface area (Å²) in [6.07, 6.45) is 4.98. The van der Waals surface area contributed by atoms with Crippen LogP contribution in [0.3, 0.4) is 0 Å². The van der Waals surface area contributed by atoms with E-state index in [0.717, 1.165) is 45.2 Å². The Morgan fingerprint density at radius 3 is 2.53 bits per heavy atom. The van der Waals surface area contributed by atoms with E-state index in [9.17, 15) is 5.11 Å². The molecule has 5 heteroatoms. The molecule has 0 unspecified atom stereocenters. The normalized spacial score (nSPS) is 24.6. The van der Waals surface area contributed by atoms with Gasteiger partial charge in [-0.05, 0) is 45.2 Å². The molecule has 1 saturated carbocycles. The SMILES string of the molecule is CN(CCCCC(C)(C)C(N)=NO)CC1CC(O)C1. The van der Waals surface area contributed by atoms with Crippen LogP contribution in [-0.2, 0) is 0 Å². The first-order valence-corrected chi connectivity index (χ1v) is 7.19. The van der Waals surface area contributed by atoms with Crippen LogP contribution in [0.2, 0.25) is 0 Å². The van der Waals surface area contributed by atoms with Crippen molar-refractivity contribution in [2.75, 3.05) is 20.1 Å². The lowest BCUT2D eigenvalue weighted by atomic mass is 9.82. The van der Waals surface area contributed by atoms with E-state index < -0.39 is 0 Å². The molecule has 0 heterocycles. The van der Waals surface area contributed by atoms with E-state index in [1.807, 2.05) is 13.8 Å². The second-order valence-corrected chi connectivity index (χ2v) is 6.58. The summed E-state index contributed by atoms with van der Waals surface area (Å²) in [6.45, 7) is 6.16. The number of aliphatic hydroxyl groups is 1. The zero-order valence-electron chi connectivity index (χ0n) is 12.5. The van der Waals surface area contributed by atoms with E-state index in [1.165, 1.54) is 0 Å². The lowest BCUT2D eigenvalue weighted by Crippen LogP contribution is -2.37. The number of hydrogen-bond acceptors (Lipinski definition) is 4. The second kappa shape index (κ2) is 7.10. The summed E-state index contributed by atoms with van der Waals surface area (Å²) in [7, 11) is 2.14. The highest BCUT2D eigenvalue weighted by Gasteiger charge is 2.27. The highest BCUT2D eigenvalue weighted by Crippen LogP contribution is 2.28. The van der Waals surface area contributed by atoms with E-state index in [2.05, 4.69) is 17.1 Å². The van der Waals surface area contributed by atoms with Crippen molar-refractivity contribution in [1.82, 2.24) is 4.90 Å². The molecule has 0 saturated heterocycles. The average molecular weight is 271 g/mol. The fraction of sp³-hybridized carbons (Fsp3) is 0.929. The molecule has 0 aromatic carbocycles. The largest absolute Gasteiger partial charge is 0.409 e. The molecular formula is C14H29N3O2. The van der Waals surface area contributed by atoms with Crippen LogP contribution < -0.4 is 5.73 Å². The maximum atomic E-state index is 9.25. The average Bonchev–Trinajstić information content (AvgIpc) is 2.31. The maximum Gasteiger partial charge on any atom is 0.144 e. The Balaban J connectivity index is 2.10. The fourth-order valence-electron chi connectivity index (χ4n) is 2.59. The molecule has 0 bridgehead atoms. The molecule has 0 atom stereocenters. The Hall–Kier alpha value is -0.810. The van der Waals surface area contributed by atoms with Gasteiger partial charge in [0.2, 0.25) is 0 Å². The second-order valence-electron chi connectivity index (χ2n) is 6.58. The minimum atomic E-state index is -0.231. The number of amidine groups is 1. The van der Waals surface area contributed by atoms with E-state index in [1.54, 1.807) is 0 Å². The number of unbranched alkanes of at least 4 members (excludes halogenated alkanes) is 1. The number of nitrogens with two attached hydrogens (primary N) is 1. The summed E-state index contributed by atoms with van der Waals surface area (Å²) in [5.41, 5.74) is 5.43. The Labute approximate surface area is 116 Å². The van der Waals surface area contributed by atoms with Crippen LogP contribution in [0.1, 0.15) is 46.0 Å². The van der Waals surface area contributed by atoms with Gasteiger partial charge in [0.15, 0.2) is 0 Å². The first kappa shape index (κ1) is 16.2. The van der Waals surface area contributed by atoms with Crippen molar-refractivity contribution in [2.45, 2.75) is 52.1 Å². The third kappa shape index (κ3) is 5.37. The molecule has 0 spiro atoms. The molecule has 1 aliphatic carbocycles. The highest BCUT2D eigenvalue weighted by molar-refractivity contribution is 5.85. The monoisotopic (exact) mass is 271 g/mol. The topological polar surface area (TPSA) is 82.1 Å². The number of nitrogens with zero attached hydrogens (tertiary/aromatic N) is 2. The van der Waals surface area contributed by atoms with Gasteiger partial charge < -0.3 is 20.9 Å². The Morgan fingerprint density at radius 1 is 1.37 bits per heavy atom. The van der Waals surface area contributed by atoms with Gasteiger partial charge >= 0.3 is 0 Å². The molecule has 1 fully saturated rings. The van der Waals surface area contributed by atoms with Crippen molar-refractivity contribution >= 4 is 5.84 Å². The van der Waals surface area contributed by atoms with Gasteiger partial charge in [-0.25, -0.2) is 0 Å². The van der Waals surface area contributed by atoms with Crippen molar-refractivity contribution < 1.29 is 10.3 Å². The Morgan fingerprint density at radius 2 is 2.00 bits per heavy atom. The smallest absolute Gasteiger partial charge is 0.144 e. The van der Waals surface area contributed by atoms with Crippen LogP contribution in [0, 0.1) is 11.3 Å². The molecular weight excluding hydrogens is 242 g/mol. The van der Waals surface area contributed by atoms with Gasteiger partial charge in [-0.1, -0.05) is 25.4 Å². The third-order valence-corrected chi connectivity index (χ3v) is 4.17. The lowest BCUT2D eigenvalue weighted by Gasteiger charge is -2.34. The van der Waals surface area contributed by atoms with Crippen LogP contribution >= 0.6 is 0 Å². The first-order valence-electron chi connectivity index (χ1n) is 7.19. The van der Waals surface area contributed by atoms with E-state index in [0.29, 0.717) is 11.8 Å². The van der Waals surface area contributed by atoms with Crippen LogP contribution in [-0.4, -0.2) is 47.3 Å². The zero-order chi connectivity index (χ0) is 14.5. The summed E-state index contributed by atoms with van der Waals surface area (Å²) >= 11 is 0. The van der Waals surface area contributed by atoms with Crippen LogP contribution in [0.15, 0.2) is 5.16 Å². The number of aliphatic hydroxyl groups excluding tert-OH is 1. The molecule has 0 aromatic rings. The van der Waals surface area contributed by atoms with Gasteiger partial charge in [-0.3, -0.25) is 0 Å². The van der Waals surface area contributed by atoms with E-state index in [4.69, 9.17) is 10.9 Å². The molecule has 4 N–H and O–H groups in total. The standard InChI is InChI=1S/C14H29N3O2/c1-14(2,13(15)16-19)6-4-5-7-17(3)10-11-8-12(18)9-11/h11-12,18-19H,4-10H2,1-3H3,(H2,15,16). The Kier molecular flexibility index (Phi) is 6.07. The zero-order valence-corrected chi connectivity index (χ0v) is 12.5. The number of rotatable bonds is 8. The fourth-order valence-corrected chi connectivity index (χ4v) is 2.59. The Bertz CT molecular complexity index is 299. The molecule has 1 rings (SSSR count). The van der Waals surface area contributed by atoms with E-state index >= 15 is 0 Å².